The summed E-state index contributed by atoms with van der Waals surface area (Å²) in [6.07, 6.45) is 0.611. The maximum absolute atomic E-state index is 12.0. The van der Waals surface area contributed by atoms with Crippen molar-refractivity contribution in [1.82, 2.24) is 15.2 Å². The van der Waals surface area contributed by atoms with E-state index in [9.17, 15) is 9.59 Å². The first-order valence-corrected chi connectivity index (χ1v) is 6.26. The highest BCUT2D eigenvalue weighted by Gasteiger charge is 2.19. The van der Waals surface area contributed by atoms with E-state index in [0.29, 0.717) is 13.1 Å². The normalized spacial score (nSPS) is 11.7. The van der Waals surface area contributed by atoms with Gasteiger partial charge < -0.3 is 20.1 Å². The summed E-state index contributed by atoms with van der Waals surface area (Å²) in [5.74, 6) is -1.11. The number of aromatic nitrogens is 1. The number of nitrogens with zero attached hydrogens (tertiary/aromatic N) is 2. The summed E-state index contributed by atoms with van der Waals surface area (Å²) in [5.41, 5.74) is 0.769. The molecule has 0 fully saturated rings. The van der Waals surface area contributed by atoms with Crippen LogP contribution in [0.15, 0.2) is 24.4 Å². The Balaban J connectivity index is 2.53. The molecule has 1 aromatic heterocycles. The van der Waals surface area contributed by atoms with Gasteiger partial charge in [0.25, 0.3) is 0 Å². The van der Waals surface area contributed by atoms with Crippen molar-refractivity contribution in [2.45, 2.75) is 19.6 Å². The van der Waals surface area contributed by atoms with Crippen LogP contribution < -0.4 is 5.32 Å². The van der Waals surface area contributed by atoms with Gasteiger partial charge in [-0.1, -0.05) is 6.07 Å². The molecular weight excluding hydrogens is 262 g/mol. The number of methoxy groups -OCH3 is 1. The average molecular weight is 281 g/mol. The lowest BCUT2D eigenvalue weighted by Crippen LogP contribution is -2.44. The molecule has 0 spiro atoms. The highest BCUT2D eigenvalue weighted by molar-refractivity contribution is 5.76. The number of rotatable bonds is 7. The monoisotopic (exact) mass is 281 g/mol. The standard InChI is InChI=1S/C13H19N3O4/c1-3-16(9-10-6-4-5-7-14-10)13(19)15-8-11(20-2)12(17)18/h4-7,11H,3,8-9H2,1-2H3,(H,15,19)(H,17,18). The molecule has 7 heteroatoms. The first kappa shape index (κ1) is 15.9. The number of nitrogens with one attached hydrogen (secondary N) is 1. The predicted molar refractivity (Wildman–Crippen MR) is 72.2 cm³/mol. The molecule has 0 saturated heterocycles. The van der Waals surface area contributed by atoms with Gasteiger partial charge in [0.05, 0.1) is 18.8 Å². The van der Waals surface area contributed by atoms with Gasteiger partial charge in [0.1, 0.15) is 0 Å². The van der Waals surface area contributed by atoms with Gasteiger partial charge in [0.15, 0.2) is 6.10 Å². The van der Waals surface area contributed by atoms with Gasteiger partial charge in [0, 0.05) is 19.9 Å². The lowest BCUT2D eigenvalue weighted by Gasteiger charge is -2.22. The second-order valence-electron chi connectivity index (χ2n) is 4.08. The van der Waals surface area contributed by atoms with Crippen molar-refractivity contribution in [3.8, 4) is 0 Å². The fourth-order valence-corrected chi connectivity index (χ4v) is 1.58. The van der Waals surface area contributed by atoms with Crippen LogP contribution >= 0.6 is 0 Å². The molecule has 0 bridgehead atoms. The Hall–Kier alpha value is -2.15. The van der Waals surface area contributed by atoms with Crippen LogP contribution in [0.25, 0.3) is 0 Å². The predicted octanol–water partition coefficient (Wildman–Crippen LogP) is 0.713. The maximum Gasteiger partial charge on any atom is 0.334 e. The summed E-state index contributed by atoms with van der Waals surface area (Å²) in [4.78, 5) is 28.4. The number of pyridine rings is 1. The molecule has 1 heterocycles. The van der Waals surface area contributed by atoms with Gasteiger partial charge in [-0.15, -0.1) is 0 Å². The molecule has 2 amide bonds. The van der Waals surface area contributed by atoms with Crippen molar-refractivity contribution < 1.29 is 19.4 Å². The van der Waals surface area contributed by atoms with Gasteiger partial charge in [-0.25, -0.2) is 9.59 Å². The summed E-state index contributed by atoms with van der Waals surface area (Å²) < 4.78 is 4.75. The van der Waals surface area contributed by atoms with Crippen LogP contribution in [0, 0.1) is 0 Å². The van der Waals surface area contributed by atoms with Crippen LogP contribution in [0.3, 0.4) is 0 Å². The topological polar surface area (TPSA) is 91.8 Å². The molecular formula is C13H19N3O4. The Morgan fingerprint density at radius 2 is 2.25 bits per heavy atom. The van der Waals surface area contributed by atoms with E-state index in [2.05, 4.69) is 10.3 Å². The number of carbonyl (C=O) groups is 2. The van der Waals surface area contributed by atoms with Crippen LogP contribution in [-0.2, 0) is 16.1 Å². The molecule has 1 unspecified atom stereocenters. The second-order valence-corrected chi connectivity index (χ2v) is 4.08. The molecule has 0 radical (unpaired) electrons. The first-order chi connectivity index (χ1) is 9.58. The third-order valence-electron chi connectivity index (χ3n) is 2.75. The fourth-order valence-electron chi connectivity index (χ4n) is 1.58. The van der Waals surface area contributed by atoms with E-state index < -0.39 is 12.1 Å². The number of hydrogen-bond acceptors (Lipinski definition) is 4. The number of carboxylic acids is 1. The smallest absolute Gasteiger partial charge is 0.334 e. The average Bonchev–Trinajstić information content (AvgIpc) is 2.45. The van der Waals surface area contributed by atoms with Crippen molar-refractivity contribution >= 4 is 12.0 Å². The summed E-state index contributed by atoms with van der Waals surface area (Å²) in [6.45, 7) is 2.62. The molecule has 0 aliphatic rings. The molecule has 1 aromatic rings. The maximum atomic E-state index is 12.0. The zero-order chi connectivity index (χ0) is 15.0. The Morgan fingerprint density at radius 1 is 1.50 bits per heavy atom. The van der Waals surface area contributed by atoms with Gasteiger partial charge in [-0.2, -0.15) is 0 Å². The van der Waals surface area contributed by atoms with E-state index in [4.69, 9.17) is 9.84 Å². The molecule has 2 N–H and O–H groups in total. The third kappa shape index (κ3) is 4.85. The number of hydrogen-bond donors (Lipinski definition) is 2. The number of amides is 2. The van der Waals surface area contributed by atoms with Crippen molar-refractivity contribution in [1.29, 1.82) is 0 Å². The molecule has 1 atom stereocenters. The highest BCUT2D eigenvalue weighted by Crippen LogP contribution is 2.01. The van der Waals surface area contributed by atoms with E-state index in [1.54, 1.807) is 12.3 Å². The Morgan fingerprint density at radius 3 is 2.75 bits per heavy atom. The largest absolute Gasteiger partial charge is 0.479 e. The molecule has 20 heavy (non-hydrogen) atoms. The molecule has 110 valence electrons. The minimum Gasteiger partial charge on any atom is -0.479 e. The molecule has 0 aromatic carbocycles. The first-order valence-electron chi connectivity index (χ1n) is 6.26. The van der Waals surface area contributed by atoms with Crippen LogP contribution in [0.5, 0.6) is 0 Å². The van der Waals surface area contributed by atoms with Crippen LogP contribution in [0.2, 0.25) is 0 Å². The summed E-state index contributed by atoms with van der Waals surface area (Å²) >= 11 is 0. The van der Waals surface area contributed by atoms with E-state index in [1.807, 2.05) is 19.1 Å². The Labute approximate surface area is 117 Å². The highest BCUT2D eigenvalue weighted by atomic mass is 16.5. The van der Waals surface area contributed by atoms with Gasteiger partial charge >= 0.3 is 12.0 Å². The molecule has 0 aliphatic carbocycles. The third-order valence-corrected chi connectivity index (χ3v) is 2.75. The quantitative estimate of drug-likeness (QED) is 0.768. The van der Waals surface area contributed by atoms with Crippen molar-refractivity contribution in [2.75, 3.05) is 20.2 Å². The zero-order valence-corrected chi connectivity index (χ0v) is 11.6. The Bertz CT molecular complexity index is 439. The summed E-state index contributed by atoms with van der Waals surface area (Å²) in [7, 11) is 1.29. The van der Waals surface area contributed by atoms with E-state index >= 15 is 0 Å². The minimum absolute atomic E-state index is 0.0800. The molecule has 1 rings (SSSR count). The number of urea groups is 1. The van der Waals surface area contributed by atoms with Crippen molar-refractivity contribution in [3.63, 3.8) is 0 Å². The van der Waals surface area contributed by atoms with Gasteiger partial charge in [-0.3, -0.25) is 4.98 Å². The SMILES string of the molecule is CCN(Cc1ccccn1)C(=O)NCC(OC)C(=O)O. The number of ether oxygens (including phenoxy) is 1. The van der Waals surface area contributed by atoms with Crippen molar-refractivity contribution in [3.05, 3.63) is 30.1 Å². The molecule has 7 nitrogen and oxygen atoms in total. The van der Waals surface area contributed by atoms with Crippen molar-refractivity contribution in [2.24, 2.45) is 0 Å². The number of carbonyl (C=O) groups excluding carboxylic acids is 1. The van der Waals surface area contributed by atoms with E-state index in [0.717, 1.165) is 5.69 Å². The molecule has 0 saturated carbocycles. The lowest BCUT2D eigenvalue weighted by molar-refractivity contribution is -0.148. The summed E-state index contributed by atoms with van der Waals surface area (Å²) in [6, 6.07) is 5.13. The minimum atomic E-state index is -1.11. The fraction of sp³-hybridized carbons (Fsp3) is 0.462. The number of aliphatic carboxylic acids is 1. The van der Waals surface area contributed by atoms with Crippen LogP contribution in [0.1, 0.15) is 12.6 Å². The number of carboxylic acid groups (broad SMARTS) is 1. The van der Waals surface area contributed by atoms with E-state index in [-0.39, 0.29) is 12.6 Å². The van der Waals surface area contributed by atoms with E-state index in [1.165, 1.54) is 12.0 Å². The lowest BCUT2D eigenvalue weighted by atomic mass is 10.3. The van der Waals surface area contributed by atoms with Crippen LogP contribution in [0.4, 0.5) is 4.79 Å². The zero-order valence-electron chi connectivity index (χ0n) is 11.6. The second kappa shape index (κ2) is 8.11. The Kier molecular flexibility index (Phi) is 6.45. The van der Waals surface area contributed by atoms with Gasteiger partial charge in [-0.05, 0) is 19.1 Å². The van der Waals surface area contributed by atoms with Crippen LogP contribution in [-0.4, -0.2) is 53.3 Å². The molecule has 0 aliphatic heterocycles. The summed E-state index contributed by atoms with van der Waals surface area (Å²) in [5, 5.41) is 11.4. The van der Waals surface area contributed by atoms with Gasteiger partial charge in [0.2, 0.25) is 0 Å².